The fourth-order valence-electron chi connectivity index (χ4n) is 0.311. The van der Waals surface area contributed by atoms with Crippen LogP contribution in [0.1, 0.15) is 13.3 Å². The van der Waals surface area contributed by atoms with Crippen LogP contribution in [0.2, 0.25) is 6.04 Å². The van der Waals surface area contributed by atoms with Gasteiger partial charge in [0.05, 0.1) is 8.67 Å². The maximum Gasteiger partial charge on any atom is 0.0910 e. The van der Waals surface area contributed by atoms with Crippen molar-refractivity contribution in [3.05, 3.63) is 12.0 Å². The Morgan fingerprint density at radius 2 is 2.57 bits per heavy atom. The molecule has 0 aliphatic rings. The molecule has 0 atom stereocenters. The highest BCUT2D eigenvalue weighted by molar-refractivity contribution is 8.24. The van der Waals surface area contributed by atoms with Crippen LogP contribution >= 0.6 is 11.2 Å². The molecule has 0 amide bonds. The van der Waals surface area contributed by atoms with E-state index in [1.54, 1.807) is 0 Å². The van der Waals surface area contributed by atoms with E-state index < -0.39 is 0 Å². The molecule has 7 heavy (non-hydrogen) atoms. The first-order chi connectivity index (χ1) is 3.41. The second-order valence-electron chi connectivity index (χ2n) is 1.39. The summed E-state index contributed by atoms with van der Waals surface area (Å²) in [6.45, 7) is 5.86. The normalized spacial score (nSPS) is 10.4. The van der Waals surface area contributed by atoms with Gasteiger partial charge in [-0.2, -0.15) is 11.2 Å². The van der Waals surface area contributed by atoms with Crippen molar-refractivity contribution in [2.45, 2.75) is 19.4 Å². The molecule has 0 saturated heterocycles. The van der Waals surface area contributed by atoms with E-state index in [-0.39, 0.29) is 8.67 Å². The van der Waals surface area contributed by atoms with E-state index in [1.807, 2.05) is 16.6 Å². The van der Waals surface area contributed by atoms with Crippen LogP contribution < -0.4 is 0 Å². The van der Waals surface area contributed by atoms with E-state index in [2.05, 4.69) is 13.5 Å². The van der Waals surface area contributed by atoms with E-state index in [0.29, 0.717) is 0 Å². The van der Waals surface area contributed by atoms with Crippen LogP contribution in [0.3, 0.4) is 0 Å². The summed E-state index contributed by atoms with van der Waals surface area (Å²) >= 11 is 1.94. The summed E-state index contributed by atoms with van der Waals surface area (Å²) in [5, 5.41) is 1.96. The Morgan fingerprint density at radius 1 is 1.86 bits per heavy atom. The Labute approximate surface area is 51.9 Å². The molecule has 0 saturated carbocycles. The maximum absolute atomic E-state index is 3.63. The molecule has 0 heterocycles. The summed E-state index contributed by atoms with van der Waals surface area (Å²) in [5.74, 6) is 0. The van der Waals surface area contributed by atoms with Gasteiger partial charge in [-0.15, -0.1) is 0 Å². The highest BCUT2D eigenvalue weighted by Crippen LogP contribution is 2.00. The summed E-state index contributed by atoms with van der Waals surface area (Å²) in [6, 6.07) is 1.46. The highest BCUT2D eigenvalue weighted by Gasteiger charge is 1.79. The maximum atomic E-state index is 3.63. The second-order valence-corrected chi connectivity index (χ2v) is 5.40. The third-order valence-electron chi connectivity index (χ3n) is 0.734. The Kier molecular flexibility index (Phi) is 6.58. The van der Waals surface area contributed by atoms with Gasteiger partial charge in [0, 0.05) is 0 Å². The van der Waals surface area contributed by atoms with Crippen molar-refractivity contribution in [1.29, 1.82) is 0 Å². The minimum atomic E-state index is 0.210. The molecule has 0 radical (unpaired) electrons. The molecule has 0 aliphatic heterocycles. The van der Waals surface area contributed by atoms with Crippen LogP contribution in [0.4, 0.5) is 0 Å². The molecule has 42 valence electrons. The molecule has 0 fully saturated rings. The fraction of sp³-hybridized carbons (Fsp3) is 0.600. The minimum Gasteiger partial charge on any atom is -0.168 e. The number of hydrogen-bond acceptors (Lipinski definition) is 1. The molecule has 2 heteroatoms. The van der Waals surface area contributed by atoms with E-state index >= 15 is 0 Å². The van der Waals surface area contributed by atoms with Crippen molar-refractivity contribution in [1.82, 2.24) is 0 Å². The van der Waals surface area contributed by atoms with Gasteiger partial charge in [0.15, 0.2) is 0 Å². The van der Waals surface area contributed by atoms with E-state index in [1.165, 1.54) is 12.5 Å². The lowest BCUT2D eigenvalue weighted by Crippen LogP contribution is -1.75. The van der Waals surface area contributed by atoms with Gasteiger partial charge in [0.25, 0.3) is 0 Å². The van der Waals surface area contributed by atoms with Crippen LogP contribution in [0, 0.1) is 0 Å². The molecular weight excluding hydrogens is 120 g/mol. The number of rotatable bonds is 4. The molecule has 0 aliphatic carbocycles. The van der Waals surface area contributed by atoms with Crippen molar-refractivity contribution in [2.75, 3.05) is 0 Å². The lowest BCUT2D eigenvalue weighted by molar-refractivity contribution is 1.08. The average molecular weight is 132 g/mol. The van der Waals surface area contributed by atoms with Gasteiger partial charge in [-0.1, -0.05) is 26.0 Å². The summed E-state index contributed by atoms with van der Waals surface area (Å²) in [6.07, 6.45) is 1.35. The molecular formula is C5H12SSi. The quantitative estimate of drug-likeness (QED) is 0.415. The SMILES string of the molecule is C=CS[SiH2]CCC. The third kappa shape index (κ3) is 6.31. The van der Waals surface area contributed by atoms with E-state index in [0.717, 1.165) is 0 Å². The zero-order valence-corrected chi connectivity index (χ0v) is 7.04. The molecule has 0 rings (SSSR count). The van der Waals surface area contributed by atoms with Gasteiger partial charge >= 0.3 is 0 Å². The molecule has 0 unspecified atom stereocenters. The standard InChI is InChI=1S/C5H12SSi/c1-3-5-7-6-4-2/h4H,2-3,5,7H2,1H3. The van der Waals surface area contributed by atoms with Gasteiger partial charge in [0.2, 0.25) is 0 Å². The first-order valence-corrected chi connectivity index (χ1v) is 6.42. The molecule has 0 N–H and O–H groups in total. The van der Waals surface area contributed by atoms with Crippen molar-refractivity contribution in [3.8, 4) is 0 Å². The molecule has 0 aromatic rings. The lowest BCUT2D eigenvalue weighted by Gasteiger charge is -1.86. The lowest BCUT2D eigenvalue weighted by atomic mass is 10.6. The minimum absolute atomic E-state index is 0.210. The largest absolute Gasteiger partial charge is 0.168 e. The highest BCUT2D eigenvalue weighted by atomic mass is 32.4. The van der Waals surface area contributed by atoms with Crippen LogP contribution in [-0.4, -0.2) is 8.67 Å². The van der Waals surface area contributed by atoms with Crippen LogP contribution in [0.5, 0.6) is 0 Å². The summed E-state index contributed by atoms with van der Waals surface area (Å²) in [7, 11) is 0.210. The van der Waals surface area contributed by atoms with Gasteiger partial charge in [0.1, 0.15) is 0 Å². The van der Waals surface area contributed by atoms with Gasteiger partial charge in [-0.05, 0) is 5.41 Å². The second kappa shape index (κ2) is 6.31. The Balaban J connectivity index is 2.56. The zero-order valence-electron chi connectivity index (χ0n) is 4.81. The Hall–Kier alpha value is 0.307. The number of hydrogen-bond donors (Lipinski definition) is 0. The molecule has 0 spiro atoms. The van der Waals surface area contributed by atoms with Crippen LogP contribution in [-0.2, 0) is 0 Å². The van der Waals surface area contributed by atoms with E-state index in [9.17, 15) is 0 Å². The molecule has 0 nitrogen and oxygen atoms in total. The molecule has 0 aromatic heterocycles. The van der Waals surface area contributed by atoms with Crippen molar-refractivity contribution >= 4 is 19.9 Å². The van der Waals surface area contributed by atoms with Gasteiger partial charge in [-0.25, -0.2) is 0 Å². The fourth-order valence-corrected chi connectivity index (χ4v) is 2.80. The predicted molar refractivity (Wildman–Crippen MR) is 41.4 cm³/mol. The van der Waals surface area contributed by atoms with Crippen molar-refractivity contribution < 1.29 is 0 Å². The first-order valence-electron chi connectivity index (χ1n) is 2.64. The van der Waals surface area contributed by atoms with Crippen molar-refractivity contribution in [2.24, 2.45) is 0 Å². The smallest absolute Gasteiger partial charge is 0.0910 e. The zero-order chi connectivity index (χ0) is 5.54. The van der Waals surface area contributed by atoms with Gasteiger partial charge < -0.3 is 0 Å². The summed E-state index contributed by atoms with van der Waals surface area (Å²) in [4.78, 5) is 0. The molecule has 0 bridgehead atoms. The predicted octanol–water partition coefficient (Wildman–Crippen LogP) is 1.78. The Morgan fingerprint density at radius 3 is 3.00 bits per heavy atom. The van der Waals surface area contributed by atoms with E-state index in [4.69, 9.17) is 0 Å². The van der Waals surface area contributed by atoms with Crippen LogP contribution in [0.25, 0.3) is 0 Å². The third-order valence-corrected chi connectivity index (χ3v) is 4.48. The average Bonchev–Trinajstić information content (AvgIpc) is 1.69. The monoisotopic (exact) mass is 132 g/mol. The van der Waals surface area contributed by atoms with Crippen LogP contribution in [0.15, 0.2) is 12.0 Å². The molecule has 0 aromatic carbocycles. The van der Waals surface area contributed by atoms with Crippen molar-refractivity contribution in [3.63, 3.8) is 0 Å². The Bertz CT molecular complexity index is 45.3. The van der Waals surface area contributed by atoms with Gasteiger partial charge in [-0.3, -0.25) is 0 Å². The summed E-state index contributed by atoms with van der Waals surface area (Å²) in [5.41, 5.74) is 0. The summed E-state index contributed by atoms with van der Waals surface area (Å²) < 4.78 is 0. The first kappa shape index (κ1) is 7.31. The topological polar surface area (TPSA) is 0 Å².